The molecule has 0 radical (unpaired) electrons. The lowest BCUT2D eigenvalue weighted by atomic mass is 10.1. The minimum absolute atomic E-state index is 0.0778. The third-order valence-electron chi connectivity index (χ3n) is 2.53. The predicted octanol–water partition coefficient (Wildman–Crippen LogP) is 3.33. The Hall–Kier alpha value is -1.75. The van der Waals surface area contributed by atoms with Crippen LogP contribution in [0.1, 0.15) is 38.4 Å². The Morgan fingerprint density at radius 1 is 1.44 bits per heavy atom. The van der Waals surface area contributed by atoms with Gasteiger partial charge in [0.25, 0.3) is 0 Å². The number of rotatable bonds is 6. The van der Waals surface area contributed by atoms with Crippen molar-refractivity contribution in [2.75, 3.05) is 6.61 Å². The number of benzene rings is 1. The topological polar surface area (TPSA) is 76.0 Å². The highest BCUT2D eigenvalue weighted by Crippen LogP contribution is 2.35. The number of hydrogen-bond donors (Lipinski definition) is 2. The molecule has 1 rings (SSSR count). The summed E-state index contributed by atoms with van der Waals surface area (Å²) in [6.07, 6.45) is 0.202. The van der Waals surface area contributed by atoms with Crippen LogP contribution in [-0.2, 0) is 4.74 Å². The molecule has 0 saturated carbocycles. The number of hydrogen-bond acceptors (Lipinski definition) is 4. The van der Waals surface area contributed by atoms with Crippen LogP contribution >= 0.6 is 0 Å². The van der Waals surface area contributed by atoms with Crippen LogP contribution in [0, 0.1) is 0 Å². The molecule has 0 aliphatic rings. The van der Waals surface area contributed by atoms with Crippen molar-refractivity contribution in [2.45, 2.75) is 32.8 Å². The zero-order chi connectivity index (χ0) is 13.5. The van der Waals surface area contributed by atoms with Gasteiger partial charge in [0.15, 0.2) is 11.5 Å². The van der Waals surface area contributed by atoms with Crippen molar-refractivity contribution in [3.05, 3.63) is 23.8 Å². The molecular formula is C13H18O5. The largest absolute Gasteiger partial charge is 0.511 e. The lowest BCUT2D eigenvalue weighted by molar-refractivity contribution is 0.0616. The van der Waals surface area contributed by atoms with Gasteiger partial charge in [-0.25, -0.2) is 4.79 Å². The Labute approximate surface area is 106 Å². The molecule has 0 aliphatic carbocycles. The lowest BCUT2D eigenvalue weighted by Crippen LogP contribution is -2.06. The van der Waals surface area contributed by atoms with Crippen LogP contribution in [0.5, 0.6) is 11.5 Å². The molecular weight excluding hydrogens is 236 g/mol. The minimum atomic E-state index is -1.46. The Morgan fingerprint density at radius 2 is 2.17 bits per heavy atom. The molecule has 5 nitrogen and oxygen atoms in total. The highest BCUT2D eigenvalue weighted by molar-refractivity contribution is 5.63. The maximum Gasteiger partial charge on any atom is 0.511 e. The minimum Gasteiger partial charge on any atom is -0.504 e. The monoisotopic (exact) mass is 254 g/mol. The van der Waals surface area contributed by atoms with Gasteiger partial charge in [-0.05, 0) is 19.4 Å². The van der Waals surface area contributed by atoms with E-state index in [0.29, 0.717) is 12.2 Å². The lowest BCUT2D eigenvalue weighted by Gasteiger charge is -2.15. The number of carbonyl (C=O) groups is 1. The smallest absolute Gasteiger partial charge is 0.504 e. The van der Waals surface area contributed by atoms with Crippen molar-refractivity contribution in [3.8, 4) is 11.5 Å². The molecule has 1 aromatic rings. The van der Waals surface area contributed by atoms with E-state index in [9.17, 15) is 9.90 Å². The average molecular weight is 254 g/mol. The van der Waals surface area contributed by atoms with Crippen molar-refractivity contribution in [1.82, 2.24) is 0 Å². The average Bonchev–Trinajstić information content (AvgIpc) is 2.31. The van der Waals surface area contributed by atoms with Crippen LogP contribution in [0.15, 0.2) is 18.2 Å². The maximum absolute atomic E-state index is 10.4. The second kappa shape index (κ2) is 6.86. The SMILES string of the molecule is CCCCOC(C)c1cccc(OC(=O)O)c1O. The summed E-state index contributed by atoms with van der Waals surface area (Å²) >= 11 is 0. The standard InChI is InChI=1S/C13H18O5/c1-3-4-8-17-9(2)10-6-5-7-11(12(10)14)18-13(15)16/h5-7,9,14H,3-4,8H2,1-2H3,(H,15,16). The van der Waals surface area contributed by atoms with E-state index in [4.69, 9.17) is 9.84 Å². The summed E-state index contributed by atoms with van der Waals surface area (Å²) in [6.45, 7) is 4.46. The summed E-state index contributed by atoms with van der Waals surface area (Å²) in [6, 6.07) is 4.69. The normalized spacial score (nSPS) is 12.1. The summed E-state index contributed by atoms with van der Waals surface area (Å²) in [5, 5.41) is 18.4. The first kappa shape index (κ1) is 14.3. The van der Waals surface area contributed by atoms with E-state index >= 15 is 0 Å². The van der Waals surface area contributed by atoms with Crippen LogP contribution in [0.25, 0.3) is 0 Å². The quantitative estimate of drug-likeness (QED) is 0.462. The molecule has 0 spiro atoms. The highest BCUT2D eigenvalue weighted by Gasteiger charge is 2.16. The van der Waals surface area contributed by atoms with Gasteiger partial charge in [0, 0.05) is 12.2 Å². The summed E-state index contributed by atoms with van der Waals surface area (Å²) in [5.41, 5.74) is 0.518. The molecule has 1 unspecified atom stereocenters. The van der Waals surface area contributed by atoms with Gasteiger partial charge in [-0.2, -0.15) is 0 Å². The Bertz CT molecular complexity index is 402. The molecule has 100 valence electrons. The van der Waals surface area contributed by atoms with Gasteiger partial charge in [-0.1, -0.05) is 25.5 Å². The molecule has 1 atom stereocenters. The maximum atomic E-state index is 10.4. The predicted molar refractivity (Wildman–Crippen MR) is 66.0 cm³/mol. The molecule has 0 amide bonds. The van der Waals surface area contributed by atoms with Crippen LogP contribution in [0.4, 0.5) is 4.79 Å². The first-order valence-electron chi connectivity index (χ1n) is 5.90. The summed E-state index contributed by atoms with van der Waals surface area (Å²) < 4.78 is 10.0. The molecule has 0 aliphatic heterocycles. The third-order valence-corrected chi connectivity index (χ3v) is 2.53. The van der Waals surface area contributed by atoms with Gasteiger partial charge in [0.2, 0.25) is 0 Å². The molecule has 0 bridgehead atoms. The first-order valence-corrected chi connectivity index (χ1v) is 5.90. The van der Waals surface area contributed by atoms with Crippen molar-refractivity contribution < 1.29 is 24.5 Å². The molecule has 0 saturated heterocycles. The van der Waals surface area contributed by atoms with E-state index in [1.54, 1.807) is 19.1 Å². The number of carboxylic acid groups (broad SMARTS) is 1. The molecule has 18 heavy (non-hydrogen) atoms. The van der Waals surface area contributed by atoms with E-state index in [1.807, 2.05) is 0 Å². The van der Waals surface area contributed by atoms with Crippen molar-refractivity contribution in [2.24, 2.45) is 0 Å². The van der Waals surface area contributed by atoms with Gasteiger partial charge in [0.05, 0.1) is 6.10 Å². The number of aromatic hydroxyl groups is 1. The zero-order valence-corrected chi connectivity index (χ0v) is 10.5. The van der Waals surface area contributed by atoms with Gasteiger partial charge in [0.1, 0.15) is 0 Å². The third kappa shape index (κ3) is 3.92. The van der Waals surface area contributed by atoms with E-state index < -0.39 is 6.16 Å². The van der Waals surface area contributed by atoms with E-state index in [2.05, 4.69) is 11.7 Å². The molecule has 0 heterocycles. The van der Waals surface area contributed by atoms with Crippen LogP contribution in [0.3, 0.4) is 0 Å². The Balaban J connectivity index is 2.78. The summed E-state index contributed by atoms with van der Waals surface area (Å²) in [7, 11) is 0. The molecule has 1 aromatic carbocycles. The van der Waals surface area contributed by atoms with Gasteiger partial charge < -0.3 is 19.7 Å². The van der Waals surface area contributed by atoms with E-state index in [-0.39, 0.29) is 17.6 Å². The summed E-state index contributed by atoms with van der Waals surface area (Å²) in [5.74, 6) is -0.269. The Morgan fingerprint density at radius 3 is 2.78 bits per heavy atom. The van der Waals surface area contributed by atoms with Crippen molar-refractivity contribution >= 4 is 6.16 Å². The number of phenolic OH excluding ortho intramolecular Hbond substituents is 1. The van der Waals surface area contributed by atoms with Crippen LogP contribution in [0.2, 0.25) is 0 Å². The van der Waals surface area contributed by atoms with Gasteiger partial charge >= 0.3 is 6.16 Å². The van der Waals surface area contributed by atoms with Crippen LogP contribution < -0.4 is 4.74 Å². The second-order valence-electron chi connectivity index (χ2n) is 3.93. The van der Waals surface area contributed by atoms with Crippen molar-refractivity contribution in [3.63, 3.8) is 0 Å². The number of para-hydroxylation sites is 1. The Kier molecular flexibility index (Phi) is 5.45. The molecule has 0 fully saturated rings. The number of unbranched alkanes of at least 4 members (excludes halogenated alkanes) is 1. The van der Waals surface area contributed by atoms with Gasteiger partial charge in [-0.3, -0.25) is 0 Å². The van der Waals surface area contributed by atoms with Crippen LogP contribution in [-0.4, -0.2) is 23.0 Å². The number of ether oxygens (including phenoxy) is 2. The molecule has 5 heteroatoms. The summed E-state index contributed by atoms with van der Waals surface area (Å²) in [4.78, 5) is 10.4. The fourth-order valence-electron chi connectivity index (χ4n) is 1.54. The first-order chi connectivity index (χ1) is 8.56. The van der Waals surface area contributed by atoms with Gasteiger partial charge in [-0.15, -0.1) is 0 Å². The number of phenols is 1. The fraction of sp³-hybridized carbons (Fsp3) is 0.462. The van der Waals surface area contributed by atoms with E-state index in [1.165, 1.54) is 6.07 Å². The zero-order valence-electron chi connectivity index (χ0n) is 10.5. The van der Waals surface area contributed by atoms with Crippen molar-refractivity contribution in [1.29, 1.82) is 0 Å². The second-order valence-corrected chi connectivity index (χ2v) is 3.93. The molecule has 2 N–H and O–H groups in total. The molecule has 0 aromatic heterocycles. The van der Waals surface area contributed by atoms with E-state index in [0.717, 1.165) is 12.8 Å². The fourth-order valence-corrected chi connectivity index (χ4v) is 1.54. The highest BCUT2D eigenvalue weighted by atomic mass is 16.7.